The molecule has 0 aliphatic heterocycles. The van der Waals surface area contributed by atoms with Crippen LogP contribution in [0.25, 0.3) is 0 Å². The third-order valence-corrected chi connectivity index (χ3v) is 4.25. The topological polar surface area (TPSA) is 68.3 Å². The molecule has 0 unspecified atom stereocenters. The highest BCUT2D eigenvalue weighted by molar-refractivity contribution is 6.36. The number of pyridine rings is 1. The van der Waals surface area contributed by atoms with Crippen molar-refractivity contribution < 1.29 is 14.3 Å². The van der Waals surface area contributed by atoms with E-state index in [-0.39, 0.29) is 10.8 Å². The molecule has 25 heavy (non-hydrogen) atoms. The van der Waals surface area contributed by atoms with Gasteiger partial charge in [0.25, 0.3) is 5.91 Å². The predicted molar refractivity (Wildman–Crippen MR) is 98.6 cm³/mol. The van der Waals surface area contributed by atoms with Crippen molar-refractivity contribution in [3.8, 4) is 0 Å². The number of rotatable bonds is 4. The van der Waals surface area contributed by atoms with E-state index in [9.17, 15) is 9.59 Å². The van der Waals surface area contributed by atoms with E-state index in [4.69, 9.17) is 27.9 Å². The highest BCUT2D eigenvalue weighted by Gasteiger charge is 2.17. The summed E-state index contributed by atoms with van der Waals surface area (Å²) in [5, 5.41) is 3.12. The Kier molecular flexibility index (Phi) is 6.03. The van der Waals surface area contributed by atoms with Gasteiger partial charge in [-0.1, -0.05) is 40.9 Å². The Morgan fingerprint density at radius 1 is 1.04 bits per heavy atom. The summed E-state index contributed by atoms with van der Waals surface area (Å²) in [7, 11) is 0. The van der Waals surface area contributed by atoms with Gasteiger partial charge in [0.05, 0.1) is 21.3 Å². The van der Waals surface area contributed by atoms with Gasteiger partial charge in [-0.2, -0.15) is 0 Å². The maximum atomic E-state index is 12.3. The molecule has 7 heteroatoms. The fourth-order valence-corrected chi connectivity index (χ4v) is 2.93. The van der Waals surface area contributed by atoms with Crippen molar-refractivity contribution in [2.45, 2.75) is 27.7 Å². The van der Waals surface area contributed by atoms with E-state index in [1.54, 1.807) is 6.92 Å². The first-order valence-electron chi connectivity index (χ1n) is 7.56. The summed E-state index contributed by atoms with van der Waals surface area (Å²) in [6.07, 6.45) is 0. The van der Waals surface area contributed by atoms with Crippen molar-refractivity contribution in [3.05, 3.63) is 56.2 Å². The summed E-state index contributed by atoms with van der Waals surface area (Å²) >= 11 is 11.9. The van der Waals surface area contributed by atoms with Gasteiger partial charge in [-0.3, -0.25) is 4.79 Å². The molecular weight excluding hydrogens is 363 g/mol. The minimum absolute atomic E-state index is 0.173. The highest BCUT2D eigenvalue weighted by Crippen LogP contribution is 2.25. The zero-order chi connectivity index (χ0) is 18.7. The average Bonchev–Trinajstić information content (AvgIpc) is 2.49. The van der Waals surface area contributed by atoms with Gasteiger partial charge >= 0.3 is 5.97 Å². The lowest BCUT2D eigenvalue weighted by atomic mass is 10.00. The van der Waals surface area contributed by atoms with E-state index in [0.29, 0.717) is 16.3 Å². The van der Waals surface area contributed by atoms with Gasteiger partial charge in [-0.05, 0) is 44.9 Å². The molecule has 1 aromatic carbocycles. The molecule has 0 aliphatic rings. The quantitative estimate of drug-likeness (QED) is 0.797. The summed E-state index contributed by atoms with van der Waals surface area (Å²) in [5.74, 6) is -0.907. The number of nitrogens with one attached hydrogen (secondary N) is 1. The number of amides is 1. The largest absolute Gasteiger partial charge is 0.452 e. The number of hydrogen-bond donors (Lipinski definition) is 1. The number of halogens is 2. The molecule has 5 nitrogen and oxygen atoms in total. The summed E-state index contributed by atoms with van der Waals surface area (Å²) in [5.41, 5.74) is 3.67. The Labute approximate surface area is 156 Å². The molecule has 0 saturated carbocycles. The van der Waals surface area contributed by atoms with Crippen LogP contribution in [0.15, 0.2) is 18.2 Å². The Morgan fingerprint density at radius 2 is 1.64 bits per heavy atom. The van der Waals surface area contributed by atoms with E-state index >= 15 is 0 Å². The normalized spacial score (nSPS) is 10.5. The van der Waals surface area contributed by atoms with Gasteiger partial charge in [-0.15, -0.1) is 0 Å². The molecule has 1 aromatic heterocycles. The summed E-state index contributed by atoms with van der Waals surface area (Å²) in [6.45, 7) is 6.86. The number of nitrogens with zero attached hydrogens (tertiary/aromatic N) is 1. The first-order valence-corrected chi connectivity index (χ1v) is 8.32. The van der Waals surface area contributed by atoms with Crippen molar-refractivity contribution in [1.29, 1.82) is 0 Å². The van der Waals surface area contributed by atoms with Crippen molar-refractivity contribution in [2.75, 3.05) is 11.9 Å². The van der Waals surface area contributed by atoms with Crippen molar-refractivity contribution in [2.24, 2.45) is 0 Å². The lowest BCUT2D eigenvalue weighted by Gasteiger charge is -2.12. The number of carbonyl (C=O) groups excluding carboxylic acids is 2. The van der Waals surface area contributed by atoms with Gasteiger partial charge in [0.2, 0.25) is 0 Å². The summed E-state index contributed by atoms with van der Waals surface area (Å²) in [4.78, 5) is 28.4. The Bertz CT molecular complexity index is 827. The molecule has 1 amide bonds. The molecule has 0 bridgehead atoms. The Hall–Kier alpha value is -2.11. The minimum atomic E-state index is -0.545. The van der Waals surface area contributed by atoms with Crippen LogP contribution in [-0.2, 0) is 9.53 Å². The number of benzene rings is 1. The predicted octanol–water partition coefficient (Wildman–Crippen LogP) is 4.42. The maximum Gasteiger partial charge on any atom is 0.339 e. The van der Waals surface area contributed by atoms with Crippen molar-refractivity contribution in [1.82, 2.24) is 4.98 Å². The fourth-order valence-electron chi connectivity index (χ4n) is 2.52. The van der Waals surface area contributed by atoms with Crippen molar-refractivity contribution >= 4 is 40.9 Å². The number of anilines is 1. The third-order valence-electron chi connectivity index (χ3n) is 3.58. The molecule has 2 aromatic rings. The number of esters is 1. The van der Waals surface area contributed by atoms with Crippen LogP contribution in [0.1, 0.15) is 32.7 Å². The Morgan fingerprint density at radius 3 is 2.24 bits per heavy atom. The molecule has 0 spiro atoms. The van der Waals surface area contributed by atoms with Gasteiger partial charge < -0.3 is 10.1 Å². The van der Waals surface area contributed by atoms with Crippen LogP contribution in [0, 0.1) is 27.7 Å². The lowest BCUT2D eigenvalue weighted by molar-refractivity contribution is -0.119. The van der Waals surface area contributed by atoms with E-state index in [0.717, 1.165) is 16.7 Å². The standard InChI is InChI=1S/C18H18Cl2N2O3/c1-9-5-10(2)16(11(3)6-9)18(24)25-8-15(23)22-17-14(20)7-13(19)12(4)21-17/h5-7H,8H2,1-4H3,(H,21,22,23). The number of hydrogen-bond acceptors (Lipinski definition) is 4. The zero-order valence-corrected chi connectivity index (χ0v) is 15.9. The fraction of sp³-hybridized carbons (Fsp3) is 0.278. The molecule has 1 heterocycles. The molecule has 0 saturated heterocycles. The van der Waals surface area contributed by atoms with E-state index in [1.165, 1.54) is 6.07 Å². The van der Waals surface area contributed by atoms with Crippen LogP contribution in [-0.4, -0.2) is 23.5 Å². The third kappa shape index (κ3) is 4.71. The monoisotopic (exact) mass is 380 g/mol. The van der Waals surface area contributed by atoms with Gasteiger partial charge in [0, 0.05) is 0 Å². The summed E-state index contributed by atoms with van der Waals surface area (Å²) < 4.78 is 5.11. The van der Waals surface area contributed by atoms with Crippen LogP contribution in [0.2, 0.25) is 10.0 Å². The molecule has 0 atom stereocenters. The second kappa shape index (κ2) is 7.85. The smallest absolute Gasteiger partial charge is 0.339 e. The van der Waals surface area contributed by atoms with Crippen LogP contribution in [0.4, 0.5) is 5.82 Å². The lowest BCUT2D eigenvalue weighted by Crippen LogP contribution is -2.22. The van der Waals surface area contributed by atoms with Crippen LogP contribution in [0.3, 0.4) is 0 Å². The Balaban J connectivity index is 2.03. The number of carbonyl (C=O) groups is 2. The number of aromatic nitrogens is 1. The molecule has 132 valence electrons. The van der Waals surface area contributed by atoms with E-state index < -0.39 is 18.5 Å². The second-order valence-corrected chi connectivity index (χ2v) is 6.60. The van der Waals surface area contributed by atoms with Gasteiger partial charge in [0.15, 0.2) is 12.4 Å². The molecule has 1 N–H and O–H groups in total. The van der Waals surface area contributed by atoms with Crippen molar-refractivity contribution in [3.63, 3.8) is 0 Å². The molecule has 0 radical (unpaired) electrons. The molecule has 0 aliphatic carbocycles. The summed E-state index contributed by atoms with van der Waals surface area (Å²) in [6, 6.07) is 5.28. The van der Waals surface area contributed by atoms with Gasteiger partial charge in [-0.25, -0.2) is 9.78 Å². The SMILES string of the molecule is Cc1cc(C)c(C(=O)OCC(=O)Nc2nc(C)c(Cl)cc2Cl)c(C)c1. The first-order chi connectivity index (χ1) is 11.7. The van der Waals surface area contributed by atoms with Gasteiger partial charge in [0.1, 0.15) is 0 Å². The average molecular weight is 381 g/mol. The maximum absolute atomic E-state index is 12.3. The van der Waals surface area contributed by atoms with Crippen LogP contribution < -0.4 is 5.32 Å². The molecule has 0 fully saturated rings. The number of aryl methyl sites for hydroxylation is 4. The minimum Gasteiger partial charge on any atom is -0.452 e. The first kappa shape index (κ1) is 19.2. The molecule has 2 rings (SSSR count). The van der Waals surface area contributed by atoms with E-state index in [1.807, 2.05) is 32.9 Å². The van der Waals surface area contributed by atoms with Crippen LogP contribution >= 0.6 is 23.2 Å². The highest BCUT2D eigenvalue weighted by atomic mass is 35.5. The number of ether oxygens (including phenoxy) is 1. The zero-order valence-electron chi connectivity index (χ0n) is 14.4. The second-order valence-electron chi connectivity index (χ2n) is 5.78. The van der Waals surface area contributed by atoms with Crippen LogP contribution in [0.5, 0.6) is 0 Å². The molecular formula is C18H18Cl2N2O3. The van der Waals surface area contributed by atoms with E-state index in [2.05, 4.69) is 10.3 Å².